The van der Waals surface area contributed by atoms with Crippen molar-refractivity contribution in [2.75, 3.05) is 39.3 Å². The molecule has 0 spiro atoms. The van der Waals surface area contributed by atoms with Crippen LogP contribution in [-0.4, -0.2) is 73.3 Å². The molecule has 2 atom stereocenters. The average molecular weight is 450 g/mol. The number of benzene rings is 1. The molecule has 1 fully saturated rings. The van der Waals surface area contributed by atoms with Gasteiger partial charge >= 0.3 is 0 Å². The first-order chi connectivity index (χ1) is 14.9. The topological polar surface area (TPSA) is 96.1 Å². The Kier molecular flexibility index (Phi) is 6.78. The van der Waals surface area contributed by atoms with Crippen LogP contribution in [0.25, 0.3) is 0 Å². The molecule has 1 aromatic heterocycles. The molecular weight excluding hydrogens is 418 g/mol. The predicted molar refractivity (Wildman–Crippen MR) is 115 cm³/mol. The van der Waals surface area contributed by atoms with Gasteiger partial charge in [0.25, 0.3) is 0 Å². The van der Waals surface area contributed by atoms with Crippen LogP contribution >= 0.6 is 0 Å². The van der Waals surface area contributed by atoms with E-state index in [-0.39, 0.29) is 17.6 Å². The van der Waals surface area contributed by atoms with E-state index in [4.69, 9.17) is 9.26 Å². The number of aromatic nitrogens is 1. The normalized spacial score (nSPS) is 21.7. The Balaban J connectivity index is 1.27. The van der Waals surface area contributed by atoms with Gasteiger partial charge in [-0.1, -0.05) is 29.4 Å². The lowest BCUT2D eigenvalue weighted by Gasteiger charge is -2.35. The van der Waals surface area contributed by atoms with Gasteiger partial charge in [-0.25, -0.2) is 8.42 Å². The van der Waals surface area contributed by atoms with Crippen molar-refractivity contribution in [3.63, 3.8) is 0 Å². The fourth-order valence-corrected chi connectivity index (χ4v) is 6.30. The third-order valence-corrected chi connectivity index (χ3v) is 8.31. The third kappa shape index (κ3) is 4.85. The van der Waals surface area contributed by atoms with Gasteiger partial charge in [-0.05, 0) is 44.2 Å². The minimum atomic E-state index is -3.62. The van der Waals surface area contributed by atoms with Crippen molar-refractivity contribution >= 4 is 10.0 Å². The van der Waals surface area contributed by atoms with Gasteiger partial charge in [0.1, 0.15) is 10.6 Å². The summed E-state index contributed by atoms with van der Waals surface area (Å²) in [5.74, 6) is 0.316. The van der Waals surface area contributed by atoms with E-state index < -0.39 is 16.1 Å². The SMILES string of the molecule is Cc1noc(C)c1S(=O)(=O)N1CCN(C[C@H](O)CO[C@H]2CCCc3ccccc32)CC1. The van der Waals surface area contributed by atoms with Gasteiger partial charge in [0, 0.05) is 32.7 Å². The number of fused-ring (bicyclic) bond motifs is 1. The zero-order valence-electron chi connectivity index (χ0n) is 18.2. The summed E-state index contributed by atoms with van der Waals surface area (Å²) in [5, 5.41) is 14.3. The number of hydrogen-bond donors (Lipinski definition) is 1. The van der Waals surface area contributed by atoms with Crippen LogP contribution in [0.1, 0.15) is 41.5 Å². The monoisotopic (exact) mass is 449 g/mol. The smallest absolute Gasteiger partial charge is 0.248 e. The third-order valence-electron chi connectivity index (χ3n) is 6.17. The molecule has 0 saturated carbocycles. The van der Waals surface area contributed by atoms with E-state index in [1.54, 1.807) is 13.8 Å². The van der Waals surface area contributed by atoms with Gasteiger partial charge in [0.15, 0.2) is 5.76 Å². The number of aryl methyl sites for hydroxylation is 3. The number of aliphatic hydroxyl groups excluding tert-OH is 1. The number of β-amino-alcohol motifs (C(OH)–C–C–N with tert-alkyl or cyclic N) is 1. The fourth-order valence-electron chi connectivity index (χ4n) is 4.58. The molecule has 2 aromatic rings. The van der Waals surface area contributed by atoms with Gasteiger partial charge in [-0.2, -0.15) is 4.31 Å². The van der Waals surface area contributed by atoms with E-state index in [0.29, 0.717) is 44.2 Å². The van der Waals surface area contributed by atoms with E-state index in [1.165, 1.54) is 15.4 Å². The van der Waals surface area contributed by atoms with E-state index in [0.717, 1.165) is 19.3 Å². The second-order valence-corrected chi connectivity index (χ2v) is 10.3. The lowest BCUT2D eigenvalue weighted by atomic mass is 9.89. The minimum Gasteiger partial charge on any atom is -0.389 e. The average Bonchev–Trinajstić information content (AvgIpc) is 3.11. The Hall–Kier alpha value is -1.78. The molecule has 8 nitrogen and oxygen atoms in total. The summed E-state index contributed by atoms with van der Waals surface area (Å²) in [6.45, 7) is 5.86. The zero-order chi connectivity index (χ0) is 22.0. The summed E-state index contributed by atoms with van der Waals surface area (Å²) in [5.41, 5.74) is 2.96. The van der Waals surface area contributed by atoms with Gasteiger partial charge in [-0.3, -0.25) is 4.90 Å². The van der Waals surface area contributed by atoms with Crippen molar-refractivity contribution in [1.29, 1.82) is 0 Å². The highest BCUT2D eigenvalue weighted by Gasteiger charge is 2.33. The maximum atomic E-state index is 12.9. The highest BCUT2D eigenvalue weighted by Crippen LogP contribution is 2.32. The Labute approximate surface area is 183 Å². The number of nitrogens with zero attached hydrogens (tertiary/aromatic N) is 3. The predicted octanol–water partition coefficient (Wildman–Crippen LogP) is 2.05. The molecule has 0 unspecified atom stereocenters. The molecule has 2 heterocycles. The second kappa shape index (κ2) is 9.38. The number of rotatable bonds is 7. The Morgan fingerprint density at radius 3 is 2.68 bits per heavy atom. The number of aliphatic hydroxyl groups is 1. The molecule has 9 heteroatoms. The lowest BCUT2D eigenvalue weighted by molar-refractivity contribution is -0.0304. The molecular formula is C22H31N3O5S. The van der Waals surface area contributed by atoms with E-state index in [9.17, 15) is 13.5 Å². The summed E-state index contributed by atoms with van der Waals surface area (Å²) in [6.07, 6.45) is 2.58. The van der Waals surface area contributed by atoms with Gasteiger partial charge in [0.05, 0.1) is 18.8 Å². The van der Waals surface area contributed by atoms with Crippen LogP contribution < -0.4 is 0 Å². The van der Waals surface area contributed by atoms with Crippen molar-refractivity contribution in [1.82, 2.24) is 14.4 Å². The largest absolute Gasteiger partial charge is 0.389 e. The highest BCUT2D eigenvalue weighted by molar-refractivity contribution is 7.89. The van der Waals surface area contributed by atoms with E-state index in [1.807, 2.05) is 6.07 Å². The minimum absolute atomic E-state index is 0.0386. The molecule has 0 amide bonds. The summed E-state index contributed by atoms with van der Waals surface area (Å²) in [7, 11) is -3.62. The van der Waals surface area contributed by atoms with Crippen LogP contribution in [0.3, 0.4) is 0 Å². The van der Waals surface area contributed by atoms with E-state index >= 15 is 0 Å². The van der Waals surface area contributed by atoms with Gasteiger partial charge in [0.2, 0.25) is 10.0 Å². The molecule has 0 radical (unpaired) electrons. The second-order valence-electron chi connectivity index (χ2n) is 8.42. The van der Waals surface area contributed by atoms with Crippen LogP contribution in [0.4, 0.5) is 0 Å². The van der Waals surface area contributed by atoms with Crippen LogP contribution in [0.5, 0.6) is 0 Å². The maximum absolute atomic E-state index is 12.9. The molecule has 1 aliphatic carbocycles. The lowest BCUT2D eigenvalue weighted by Crippen LogP contribution is -2.50. The molecule has 31 heavy (non-hydrogen) atoms. The number of hydrogen-bond acceptors (Lipinski definition) is 7. The van der Waals surface area contributed by atoms with Gasteiger partial charge < -0.3 is 14.4 Å². The maximum Gasteiger partial charge on any atom is 0.248 e. The van der Waals surface area contributed by atoms with Crippen LogP contribution in [0, 0.1) is 13.8 Å². The Bertz CT molecular complexity index is 979. The molecule has 1 saturated heterocycles. The van der Waals surface area contributed by atoms with Crippen molar-refractivity contribution in [2.45, 2.75) is 50.2 Å². The summed E-state index contributed by atoms with van der Waals surface area (Å²) < 4.78 is 38.4. The first kappa shape index (κ1) is 22.4. The molecule has 4 rings (SSSR count). The van der Waals surface area contributed by atoms with Crippen molar-refractivity contribution in [3.8, 4) is 0 Å². The van der Waals surface area contributed by atoms with Crippen LogP contribution in [0.2, 0.25) is 0 Å². The first-order valence-electron chi connectivity index (χ1n) is 10.9. The molecule has 1 aliphatic heterocycles. The fraction of sp³-hybridized carbons (Fsp3) is 0.591. The van der Waals surface area contributed by atoms with Crippen LogP contribution in [-0.2, 0) is 21.2 Å². The number of sulfonamides is 1. The Morgan fingerprint density at radius 1 is 1.23 bits per heavy atom. The summed E-state index contributed by atoms with van der Waals surface area (Å²) in [6, 6.07) is 8.36. The first-order valence-corrected chi connectivity index (χ1v) is 12.3. The van der Waals surface area contributed by atoms with E-state index in [2.05, 4.69) is 28.3 Å². The van der Waals surface area contributed by atoms with Crippen LogP contribution in [0.15, 0.2) is 33.7 Å². The molecule has 170 valence electrons. The van der Waals surface area contributed by atoms with Gasteiger partial charge in [-0.15, -0.1) is 0 Å². The van der Waals surface area contributed by atoms with Crippen molar-refractivity contribution in [3.05, 3.63) is 46.8 Å². The zero-order valence-corrected chi connectivity index (χ0v) is 19.0. The molecule has 0 bridgehead atoms. The Morgan fingerprint density at radius 2 is 1.97 bits per heavy atom. The number of piperazine rings is 1. The molecule has 1 N–H and O–H groups in total. The highest BCUT2D eigenvalue weighted by atomic mass is 32.2. The summed E-state index contributed by atoms with van der Waals surface area (Å²) >= 11 is 0. The quantitative estimate of drug-likeness (QED) is 0.691. The standard InChI is InChI=1S/C22H31N3O5S/c1-16-22(17(2)30-23-16)31(27,28)25-12-10-24(11-13-25)14-19(26)15-29-21-9-5-7-18-6-3-4-8-20(18)21/h3-4,6,8,19,21,26H,5,7,9-15H2,1-2H3/t19-,21-/m0/s1. The van der Waals surface area contributed by atoms with Crippen molar-refractivity contribution < 1.29 is 22.8 Å². The number of ether oxygens (including phenoxy) is 1. The summed E-state index contributed by atoms with van der Waals surface area (Å²) in [4.78, 5) is 2.25. The van der Waals surface area contributed by atoms with Crippen molar-refractivity contribution in [2.24, 2.45) is 0 Å². The molecule has 1 aromatic carbocycles. The molecule has 2 aliphatic rings.